The summed E-state index contributed by atoms with van der Waals surface area (Å²) in [6, 6.07) is 5.97. The van der Waals surface area contributed by atoms with Gasteiger partial charge in [0.15, 0.2) is 5.75 Å². The average molecular weight is 272 g/mol. The van der Waals surface area contributed by atoms with Crippen molar-refractivity contribution in [2.24, 2.45) is 0 Å². The van der Waals surface area contributed by atoms with Crippen molar-refractivity contribution in [1.29, 1.82) is 0 Å². The van der Waals surface area contributed by atoms with E-state index in [9.17, 15) is 0 Å². The number of anilines is 1. The van der Waals surface area contributed by atoms with Crippen LogP contribution in [-0.4, -0.2) is 25.9 Å². The minimum atomic E-state index is 0.0937. The summed E-state index contributed by atoms with van der Waals surface area (Å²) < 4.78 is 12.2. The smallest absolute Gasteiger partial charge is 0.157 e. The highest BCUT2D eigenvalue weighted by atomic mass is 79.9. The Bertz CT molecular complexity index is 343. The zero-order valence-corrected chi connectivity index (χ0v) is 10.2. The second-order valence-corrected chi connectivity index (χ2v) is 4.25. The number of rotatable bonds is 3. The molecule has 1 heterocycles. The minimum Gasteiger partial charge on any atom is -0.483 e. The molecule has 0 spiro atoms. The van der Waals surface area contributed by atoms with Crippen LogP contribution in [0, 0.1) is 0 Å². The molecule has 15 heavy (non-hydrogen) atoms. The fourth-order valence-corrected chi connectivity index (χ4v) is 2.00. The van der Waals surface area contributed by atoms with E-state index in [1.54, 1.807) is 0 Å². The van der Waals surface area contributed by atoms with E-state index >= 15 is 0 Å². The fraction of sp³-hybridized carbons (Fsp3) is 0.455. The van der Waals surface area contributed by atoms with Crippen LogP contribution >= 0.6 is 15.9 Å². The Kier molecular flexibility index (Phi) is 3.49. The Morgan fingerprint density at radius 2 is 2.47 bits per heavy atom. The summed E-state index contributed by atoms with van der Waals surface area (Å²) in [7, 11) is 0. The van der Waals surface area contributed by atoms with Crippen LogP contribution in [0.3, 0.4) is 0 Å². The van der Waals surface area contributed by atoms with E-state index in [1.807, 2.05) is 25.1 Å². The predicted molar refractivity (Wildman–Crippen MR) is 63.5 cm³/mol. The second kappa shape index (κ2) is 4.86. The lowest BCUT2D eigenvalue weighted by Crippen LogP contribution is -2.34. The van der Waals surface area contributed by atoms with Crippen LogP contribution < -0.4 is 10.1 Å². The molecule has 3 nitrogen and oxygen atoms in total. The van der Waals surface area contributed by atoms with Crippen molar-refractivity contribution in [3.63, 3.8) is 0 Å². The molecule has 1 aromatic rings. The molecule has 1 aliphatic heterocycles. The molecule has 4 heteroatoms. The Morgan fingerprint density at radius 1 is 1.60 bits per heavy atom. The molecule has 0 amide bonds. The lowest BCUT2D eigenvalue weighted by Gasteiger charge is -2.27. The Labute approximate surface area is 97.9 Å². The SMILES string of the molecule is CCOCC1CNc2cccc(Br)c2O1. The van der Waals surface area contributed by atoms with Gasteiger partial charge >= 0.3 is 0 Å². The molecule has 0 aliphatic carbocycles. The zero-order valence-electron chi connectivity index (χ0n) is 8.63. The van der Waals surface area contributed by atoms with E-state index in [-0.39, 0.29) is 6.10 Å². The number of para-hydroxylation sites is 1. The summed E-state index contributed by atoms with van der Waals surface area (Å²) in [5.41, 5.74) is 1.04. The molecular weight excluding hydrogens is 258 g/mol. The molecule has 0 fully saturated rings. The van der Waals surface area contributed by atoms with Gasteiger partial charge in [0.25, 0.3) is 0 Å². The second-order valence-electron chi connectivity index (χ2n) is 3.40. The number of ether oxygens (including phenoxy) is 2. The van der Waals surface area contributed by atoms with Gasteiger partial charge in [0.1, 0.15) is 6.10 Å². The van der Waals surface area contributed by atoms with Gasteiger partial charge in [-0.1, -0.05) is 6.07 Å². The molecule has 1 aliphatic rings. The van der Waals surface area contributed by atoms with E-state index in [2.05, 4.69) is 21.2 Å². The molecule has 0 radical (unpaired) electrons. The van der Waals surface area contributed by atoms with Gasteiger partial charge in [0.05, 0.1) is 23.3 Å². The molecular formula is C11H14BrNO2. The quantitative estimate of drug-likeness (QED) is 0.917. The van der Waals surface area contributed by atoms with Crippen molar-refractivity contribution in [1.82, 2.24) is 0 Å². The van der Waals surface area contributed by atoms with Crippen molar-refractivity contribution in [3.05, 3.63) is 22.7 Å². The first-order valence-electron chi connectivity index (χ1n) is 5.08. The van der Waals surface area contributed by atoms with Gasteiger partial charge in [-0.3, -0.25) is 0 Å². The van der Waals surface area contributed by atoms with Crippen molar-refractivity contribution in [3.8, 4) is 5.75 Å². The van der Waals surface area contributed by atoms with Gasteiger partial charge in [-0.2, -0.15) is 0 Å². The van der Waals surface area contributed by atoms with Crippen LogP contribution in [0.2, 0.25) is 0 Å². The summed E-state index contributed by atoms with van der Waals surface area (Å²) in [5, 5.41) is 3.33. The molecule has 2 rings (SSSR count). The van der Waals surface area contributed by atoms with E-state index < -0.39 is 0 Å². The first kappa shape index (κ1) is 10.8. The van der Waals surface area contributed by atoms with Crippen LogP contribution in [0.25, 0.3) is 0 Å². The molecule has 1 unspecified atom stereocenters. The minimum absolute atomic E-state index is 0.0937. The van der Waals surface area contributed by atoms with E-state index in [0.29, 0.717) is 6.61 Å². The number of benzene rings is 1. The first-order valence-corrected chi connectivity index (χ1v) is 5.87. The topological polar surface area (TPSA) is 30.5 Å². The molecule has 1 aromatic carbocycles. The molecule has 0 bridgehead atoms. The number of hydrogen-bond acceptors (Lipinski definition) is 3. The highest BCUT2D eigenvalue weighted by molar-refractivity contribution is 9.10. The van der Waals surface area contributed by atoms with E-state index in [4.69, 9.17) is 9.47 Å². The normalized spacial score (nSPS) is 18.9. The van der Waals surface area contributed by atoms with E-state index in [1.165, 1.54) is 0 Å². The van der Waals surface area contributed by atoms with Gasteiger partial charge in [-0.05, 0) is 35.0 Å². The van der Waals surface area contributed by atoms with Crippen LogP contribution in [0.1, 0.15) is 6.92 Å². The Hall–Kier alpha value is -0.740. The largest absolute Gasteiger partial charge is 0.483 e. The van der Waals surface area contributed by atoms with E-state index in [0.717, 1.165) is 29.1 Å². The molecule has 0 saturated heterocycles. The highest BCUT2D eigenvalue weighted by Crippen LogP contribution is 2.36. The summed E-state index contributed by atoms with van der Waals surface area (Å²) in [6.45, 7) is 4.14. The monoisotopic (exact) mass is 271 g/mol. The van der Waals surface area contributed by atoms with Crippen molar-refractivity contribution >= 4 is 21.6 Å². The number of halogens is 1. The standard InChI is InChI=1S/C11H14BrNO2/c1-2-14-7-8-6-13-10-5-3-4-9(12)11(10)15-8/h3-5,8,13H,2,6-7H2,1H3. The van der Waals surface area contributed by atoms with Crippen LogP contribution in [0.4, 0.5) is 5.69 Å². The average Bonchev–Trinajstić information content (AvgIpc) is 2.27. The predicted octanol–water partition coefficient (Wildman–Crippen LogP) is 2.66. The summed E-state index contributed by atoms with van der Waals surface area (Å²) in [5.74, 6) is 0.883. The third kappa shape index (κ3) is 2.44. The van der Waals surface area contributed by atoms with Gasteiger partial charge in [-0.15, -0.1) is 0 Å². The summed E-state index contributed by atoms with van der Waals surface area (Å²) in [4.78, 5) is 0. The van der Waals surface area contributed by atoms with Crippen molar-refractivity contribution in [2.75, 3.05) is 25.1 Å². The molecule has 82 valence electrons. The zero-order chi connectivity index (χ0) is 10.7. The number of nitrogens with one attached hydrogen (secondary N) is 1. The maximum atomic E-state index is 5.83. The lowest BCUT2D eigenvalue weighted by atomic mass is 10.2. The van der Waals surface area contributed by atoms with Crippen LogP contribution in [0.5, 0.6) is 5.75 Å². The molecule has 0 saturated carbocycles. The third-order valence-electron chi connectivity index (χ3n) is 2.28. The van der Waals surface area contributed by atoms with Gasteiger partial charge < -0.3 is 14.8 Å². The van der Waals surface area contributed by atoms with Gasteiger partial charge in [0.2, 0.25) is 0 Å². The lowest BCUT2D eigenvalue weighted by molar-refractivity contribution is 0.0595. The van der Waals surface area contributed by atoms with Crippen LogP contribution in [-0.2, 0) is 4.74 Å². The summed E-state index contributed by atoms with van der Waals surface area (Å²) >= 11 is 3.47. The third-order valence-corrected chi connectivity index (χ3v) is 2.90. The molecule has 0 aromatic heterocycles. The molecule has 1 N–H and O–H groups in total. The molecule has 1 atom stereocenters. The maximum Gasteiger partial charge on any atom is 0.157 e. The van der Waals surface area contributed by atoms with Crippen molar-refractivity contribution in [2.45, 2.75) is 13.0 Å². The Balaban J connectivity index is 2.08. The highest BCUT2D eigenvalue weighted by Gasteiger charge is 2.20. The Morgan fingerprint density at radius 3 is 3.27 bits per heavy atom. The fourth-order valence-electron chi connectivity index (χ4n) is 1.54. The van der Waals surface area contributed by atoms with Gasteiger partial charge in [-0.25, -0.2) is 0 Å². The van der Waals surface area contributed by atoms with Crippen molar-refractivity contribution < 1.29 is 9.47 Å². The maximum absolute atomic E-state index is 5.83. The number of hydrogen-bond donors (Lipinski definition) is 1. The number of fused-ring (bicyclic) bond motifs is 1. The summed E-state index contributed by atoms with van der Waals surface area (Å²) in [6.07, 6.45) is 0.0937. The van der Waals surface area contributed by atoms with Crippen LogP contribution in [0.15, 0.2) is 22.7 Å². The van der Waals surface area contributed by atoms with Gasteiger partial charge in [0, 0.05) is 6.61 Å². The first-order chi connectivity index (χ1) is 7.31.